The van der Waals surface area contributed by atoms with Crippen molar-refractivity contribution in [3.63, 3.8) is 0 Å². The van der Waals surface area contributed by atoms with E-state index in [4.69, 9.17) is 0 Å². The van der Waals surface area contributed by atoms with Crippen LogP contribution in [0.25, 0.3) is 0 Å². The second-order valence-corrected chi connectivity index (χ2v) is 5.58. The minimum Gasteiger partial charge on any atom is -0.476 e. The van der Waals surface area contributed by atoms with E-state index in [1.165, 1.54) is 4.68 Å². The van der Waals surface area contributed by atoms with Gasteiger partial charge in [0.2, 0.25) is 5.91 Å². The molecule has 116 valence electrons. The Bertz CT molecular complexity index is 522. The molecule has 1 heterocycles. The fraction of sp³-hybridized carbons (Fsp3) is 0.714. The zero-order valence-corrected chi connectivity index (χ0v) is 12.6. The molecule has 1 N–H and O–H groups in total. The molecule has 2 rings (SSSR count). The van der Waals surface area contributed by atoms with Crippen LogP contribution in [0.3, 0.4) is 0 Å². The molecule has 7 nitrogen and oxygen atoms in total. The van der Waals surface area contributed by atoms with Gasteiger partial charge in [-0.1, -0.05) is 25.0 Å². The van der Waals surface area contributed by atoms with E-state index in [0.29, 0.717) is 12.2 Å². The fourth-order valence-electron chi connectivity index (χ4n) is 2.44. The van der Waals surface area contributed by atoms with Crippen LogP contribution >= 0.6 is 0 Å². The Kier molecular flexibility index (Phi) is 4.93. The first-order valence-electron chi connectivity index (χ1n) is 7.45. The van der Waals surface area contributed by atoms with Crippen molar-refractivity contribution in [1.29, 1.82) is 0 Å². The lowest BCUT2D eigenvalue weighted by Gasteiger charge is -2.26. The lowest BCUT2D eigenvalue weighted by molar-refractivity contribution is -0.130. The lowest BCUT2D eigenvalue weighted by atomic mass is 9.82. The van der Waals surface area contributed by atoms with Crippen LogP contribution in [0.15, 0.2) is 0 Å². The summed E-state index contributed by atoms with van der Waals surface area (Å²) in [5.74, 6) is -0.972. The van der Waals surface area contributed by atoms with Gasteiger partial charge in [-0.15, -0.1) is 5.10 Å². The van der Waals surface area contributed by atoms with Crippen LogP contribution in [0.2, 0.25) is 0 Å². The van der Waals surface area contributed by atoms with Gasteiger partial charge in [0.15, 0.2) is 5.69 Å². The average Bonchev–Trinajstić information content (AvgIpc) is 2.78. The number of carbonyl (C=O) groups is 2. The van der Waals surface area contributed by atoms with Crippen molar-refractivity contribution in [2.45, 2.75) is 51.5 Å². The molecular formula is C14H22N4O3. The van der Waals surface area contributed by atoms with E-state index in [-0.39, 0.29) is 24.1 Å². The van der Waals surface area contributed by atoms with Gasteiger partial charge in [-0.3, -0.25) is 4.79 Å². The number of carboxylic acid groups (broad SMARTS) is 1. The Hall–Kier alpha value is -1.92. The average molecular weight is 294 g/mol. The largest absolute Gasteiger partial charge is 0.476 e. The lowest BCUT2D eigenvalue weighted by Crippen LogP contribution is -2.32. The molecule has 0 atom stereocenters. The van der Waals surface area contributed by atoms with Crippen molar-refractivity contribution in [2.75, 3.05) is 13.6 Å². The number of rotatable bonds is 7. The molecule has 1 aliphatic rings. The molecule has 0 saturated heterocycles. The van der Waals surface area contributed by atoms with Gasteiger partial charge >= 0.3 is 5.97 Å². The number of amides is 1. The number of nitrogens with zero attached hydrogens (tertiary/aromatic N) is 4. The summed E-state index contributed by atoms with van der Waals surface area (Å²) in [7, 11) is 1.76. The van der Waals surface area contributed by atoms with Crippen molar-refractivity contribution in [3.8, 4) is 0 Å². The molecule has 1 aliphatic carbocycles. The van der Waals surface area contributed by atoms with Crippen molar-refractivity contribution in [3.05, 3.63) is 11.4 Å². The van der Waals surface area contributed by atoms with Crippen LogP contribution in [-0.4, -0.2) is 50.5 Å². The van der Waals surface area contributed by atoms with Crippen LogP contribution < -0.4 is 0 Å². The highest BCUT2D eigenvalue weighted by atomic mass is 16.4. The van der Waals surface area contributed by atoms with Crippen LogP contribution in [0.5, 0.6) is 0 Å². The SMILES string of the molecule is CCCCN(C)C(=O)Cn1nnc(C(=O)O)c1C1CCC1. The van der Waals surface area contributed by atoms with Gasteiger partial charge in [-0.2, -0.15) is 0 Å². The molecule has 0 spiro atoms. The summed E-state index contributed by atoms with van der Waals surface area (Å²) in [4.78, 5) is 25.1. The predicted octanol–water partition coefficient (Wildman–Crippen LogP) is 1.50. The summed E-state index contributed by atoms with van der Waals surface area (Å²) in [5.41, 5.74) is 0.592. The zero-order valence-electron chi connectivity index (χ0n) is 12.6. The van der Waals surface area contributed by atoms with Gasteiger partial charge < -0.3 is 10.0 Å². The molecular weight excluding hydrogens is 272 g/mol. The Balaban J connectivity index is 2.12. The molecule has 1 aromatic heterocycles. The van der Waals surface area contributed by atoms with Crippen molar-refractivity contribution >= 4 is 11.9 Å². The van der Waals surface area contributed by atoms with E-state index in [2.05, 4.69) is 17.2 Å². The maximum absolute atomic E-state index is 12.2. The smallest absolute Gasteiger partial charge is 0.358 e. The van der Waals surface area contributed by atoms with Gasteiger partial charge in [0.25, 0.3) is 0 Å². The van der Waals surface area contributed by atoms with Gasteiger partial charge in [0, 0.05) is 19.5 Å². The Morgan fingerprint density at radius 1 is 1.43 bits per heavy atom. The Morgan fingerprint density at radius 2 is 2.14 bits per heavy atom. The number of likely N-dealkylation sites (N-methyl/N-ethyl adjacent to an activating group) is 1. The van der Waals surface area contributed by atoms with Crippen LogP contribution in [0.4, 0.5) is 0 Å². The topological polar surface area (TPSA) is 88.3 Å². The number of hydrogen-bond donors (Lipinski definition) is 1. The third-order valence-electron chi connectivity index (χ3n) is 4.03. The normalized spacial score (nSPS) is 14.8. The van der Waals surface area contributed by atoms with Crippen molar-refractivity contribution in [1.82, 2.24) is 19.9 Å². The summed E-state index contributed by atoms with van der Waals surface area (Å²) < 4.78 is 1.47. The maximum Gasteiger partial charge on any atom is 0.358 e. The van der Waals surface area contributed by atoms with E-state index in [9.17, 15) is 14.7 Å². The van der Waals surface area contributed by atoms with Gasteiger partial charge in [0.1, 0.15) is 6.54 Å². The highest BCUT2D eigenvalue weighted by molar-refractivity contribution is 5.87. The molecule has 0 unspecified atom stereocenters. The van der Waals surface area contributed by atoms with Gasteiger partial charge in [-0.05, 0) is 19.3 Å². The standard InChI is InChI=1S/C14H22N4O3/c1-3-4-8-17(2)11(19)9-18-13(10-6-5-7-10)12(14(20)21)15-16-18/h10H,3-9H2,1-2H3,(H,20,21). The molecule has 7 heteroatoms. The first-order valence-corrected chi connectivity index (χ1v) is 7.45. The number of unbranched alkanes of at least 4 members (excludes halogenated alkanes) is 1. The van der Waals surface area contributed by atoms with Crippen LogP contribution in [0.1, 0.15) is 61.1 Å². The summed E-state index contributed by atoms with van der Waals surface area (Å²) in [6.45, 7) is 2.84. The number of carbonyl (C=O) groups excluding carboxylic acids is 1. The Morgan fingerprint density at radius 3 is 2.67 bits per heavy atom. The molecule has 1 saturated carbocycles. The van der Waals surface area contributed by atoms with Crippen molar-refractivity contribution < 1.29 is 14.7 Å². The summed E-state index contributed by atoms with van der Waals surface area (Å²) in [6, 6.07) is 0. The zero-order chi connectivity index (χ0) is 15.4. The first kappa shape index (κ1) is 15.5. The fourth-order valence-corrected chi connectivity index (χ4v) is 2.44. The second-order valence-electron chi connectivity index (χ2n) is 5.58. The maximum atomic E-state index is 12.2. The van der Waals surface area contributed by atoms with Crippen LogP contribution in [-0.2, 0) is 11.3 Å². The van der Waals surface area contributed by atoms with Crippen molar-refractivity contribution in [2.24, 2.45) is 0 Å². The quantitative estimate of drug-likeness (QED) is 0.823. The first-order chi connectivity index (χ1) is 10.0. The van der Waals surface area contributed by atoms with Gasteiger partial charge in [-0.25, -0.2) is 9.48 Å². The van der Waals surface area contributed by atoms with E-state index >= 15 is 0 Å². The molecule has 1 amide bonds. The second kappa shape index (κ2) is 6.69. The molecule has 0 bridgehead atoms. The number of aromatic carboxylic acids is 1. The van der Waals surface area contributed by atoms with Gasteiger partial charge in [0.05, 0.1) is 5.69 Å². The van der Waals surface area contributed by atoms with E-state index in [0.717, 1.165) is 32.1 Å². The predicted molar refractivity (Wildman–Crippen MR) is 76.1 cm³/mol. The minimum absolute atomic E-state index is 0.0105. The third-order valence-corrected chi connectivity index (χ3v) is 4.03. The summed E-state index contributed by atoms with van der Waals surface area (Å²) in [6.07, 6.45) is 4.94. The Labute approximate surface area is 123 Å². The third kappa shape index (κ3) is 3.40. The van der Waals surface area contributed by atoms with E-state index in [1.807, 2.05) is 0 Å². The summed E-state index contributed by atoms with van der Waals surface area (Å²) >= 11 is 0. The van der Waals surface area contributed by atoms with E-state index in [1.54, 1.807) is 11.9 Å². The monoisotopic (exact) mass is 294 g/mol. The van der Waals surface area contributed by atoms with Crippen LogP contribution in [0, 0.1) is 0 Å². The number of aromatic nitrogens is 3. The molecule has 0 radical (unpaired) electrons. The molecule has 0 aromatic carbocycles. The highest BCUT2D eigenvalue weighted by Crippen LogP contribution is 2.37. The summed E-state index contributed by atoms with van der Waals surface area (Å²) in [5, 5.41) is 16.8. The molecule has 1 aromatic rings. The molecule has 0 aliphatic heterocycles. The molecule has 21 heavy (non-hydrogen) atoms. The van der Waals surface area contributed by atoms with E-state index < -0.39 is 5.97 Å². The molecule has 1 fully saturated rings. The minimum atomic E-state index is -1.07. The number of carboxylic acids is 1. The number of hydrogen-bond acceptors (Lipinski definition) is 4. The highest BCUT2D eigenvalue weighted by Gasteiger charge is 2.31.